The number of nitro benzene ring substituents is 1. The van der Waals surface area contributed by atoms with Crippen molar-refractivity contribution in [3.63, 3.8) is 0 Å². The molecule has 2 aliphatic rings. The first-order chi connectivity index (χ1) is 16.4. The first-order valence-electron chi connectivity index (χ1n) is 11.5. The van der Waals surface area contributed by atoms with Crippen molar-refractivity contribution in [3.05, 3.63) is 72.5 Å². The Morgan fingerprint density at radius 2 is 1.94 bits per heavy atom. The molecule has 184 valence electrons. The molecule has 2 heterocycles. The number of para-hydroxylation sites is 1. The molecule has 2 aromatic rings. The number of rotatable bonds is 8. The molecule has 1 aliphatic carbocycles. The van der Waals surface area contributed by atoms with Crippen LogP contribution in [-0.4, -0.2) is 50.1 Å². The van der Waals surface area contributed by atoms with Gasteiger partial charge in [-0.1, -0.05) is 31.4 Å². The van der Waals surface area contributed by atoms with Crippen LogP contribution in [0.25, 0.3) is 0 Å². The number of H-pyrrole nitrogens is 1. The molecule has 3 N–H and O–H groups in total. The van der Waals surface area contributed by atoms with Crippen molar-refractivity contribution in [1.29, 1.82) is 0 Å². The lowest BCUT2D eigenvalue weighted by atomic mass is 9.90. The van der Waals surface area contributed by atoms with Gasteiger partial charge in [0.1, 0.15) is 18.4 Å². The average Bonchev–Trinajstić information content (AvgIpc) is 3.21. The van der Waals surface area contributed by atoms with Gasteiger partial charge in [0.05, 0.1) is 35.4 Å². The summed E-state index contributed by atoms with van der Waals surface area (Å²) in [5, 5.41) is 31.2. The fourth-order valence-electron chi connectivity index (χ4n) is 4.76. The van der Waals surface area contributed by atoms with E-state index in [1.807, 2.05) is 0 Å². The summed E-state index contributed by atoms with van der Waals surface area (Å²) in [6.07, 6.45) is 2.77. The van der Waals surface area contributed by atoms with E-state index in [9.17, 15) is 29.9 Å². The summed E-state index contributed by atoms with van der Waals surface area (Å²) in [6.45, 7) is -0.105. The number of benzene rings is 1. The number of aromatic nitrogens is 2. The van der Waals surface area contributed by atoms with Crippen molar-refractivity contribution in [2.45, 2.75) is 63.1 Å². The Morgan fingerprint density at radius 3 is 2.62 bits per heavy atom. The lowest BCUT2D eigenvalue weighted by molar-refractivity contribution is -0.386. The predicted octanol–water partition coefficient (Wildman–Crippen LogP) is 1.77. The van der Waals surface area contributed by atoms with Crippen LogP contribution in [0.5, 0.6) is 0 Å². The van der Waals surface area contributed by atoms with E-state index in [0.29, 0.717) is 6.61 Å². The van der Waals surface area contributed by atoms with E-state index >= 15 is 0 Å². The van der Waals surface area contributed by atoms with Gasteiger partial charge in [-0.15, -0.1) is 0 Å². The van der Waals surface area contributed by atoms with Crippen LogP contribution in [0.4, 0.5) is 5.69 Å². The molecule has 2 fully saturated rings. The molecule has 11 nitrogen and oxygen atoms in total. The molecule has 0 radical (unpaired) electrons. The van der Waals surface area contributed by atoms with Crippen molar-refractivity contribution < 1.29 is 24.6 Å². The van der Waals surface area contributed by atoms with E-state index in [-0.39, 0.29) is 29.2 Å². The topological polar surface area (TPSA) is 157 Å². The first kappa shape index (κ1) is 24.3. The summed E-state index contributed by atoms with van der Waals surface area (Å²) in [7, 11) is 0. The zero-order valence-corrected chi connectivity index (χ0v) is 18.7. The van der Waals surface area contributed by atoms with E-state index in [0.717, 1.165) is 36.7 Å². The molecule has 11 heteroatoms. The predicted molar refractivity (Wildman–Crippen MR) is 120 cm³/mol. The monoisotopic (exact) mass is 475 g/mol. The van der Waals surface area contributed by atoms with E-state index in [1.54, 1.807) is 6.07 Å². The molecule has 1 saturated carbocycles. The molecule has 0 bridgehead atoms. The highest BCUT2D eigenvalue weighted by atomic mass is 16.6. The van der Waals surface area contributed by atoms with Crippen LogP contribution in [0.2, 0.25) is 0 Å². The lowest BCUT2D eigenvalue weighted by Gasteiger charge is -2.25. The van der Waals surface area contributed by atoms with Gasteiger partial charge < -0.3 is 19.7 Å². The molecule has 1 aromatic heterocycles. The molecule has 1 aromatic carbocycles. The molecule has 0 amide bonds. The maximum absolute atomic E-state index is 12.9. The number of hydrogen-bond donors (Lipinski definition) is 3. The Kier molecular flexibility index (Phi) is 7.57. The minimum atomic E-state index is -1.08. The fourth-order valence-corrected chi connectivity index (χ4v) is 4.76. The van der Waals surface area contributed by atoms with Gasteiger partial charge in [0.15, 0.2) is 0 Å². The van der Waals surface area contributed by atoms with Gasteiger partial charge in [-0.05, 0) is 24.8 Å². The van der Waals surface area contributed by atoms with Crippen molar-refractivity contribution in [1.82, 2.24) is 9.55 Å². The molecule has 1 aliphatic heterocycles. The third kappa shape index (κ3) is 5.12. The van der Waals surface area contributed by atoms with Crippen LogP contribution in [0.15, 0.2) is 40.1 Å². The Bertz CT molecular complexity index is 1120. The van der Waals surface area contributed by atoms with Gasteiger partial charge in [-0.3, -0.25) is 24.5 Å². The quantitative estimate of drug-likeness (QED) is 0.385. The molecule has 0 spiro atoms. The maximum Gasteiger partial charge on any atom is 0.330 e. The van der Waals surface area contributed by atoms with Crippen molar-refractivity contribution in [3.8, 4) is 0 Å². The summed E-state index contributed by atoms with van der Waals surface area (Å²) in [5.74, 6) is 0.280. The average molecular weight is 475 g/mol. The zero-order chi connectivity index (χ0) is 24.2. The van der Waals surface area contributed by atoms with Crippen LogP contribution in [0, 0.1) is 16.0 Å². The third-order valence-corrected chi connectivity index (χ3v) is 6.61. The van der Waals surface area contributed by atoms with Crippen molar-refractivity contribution in [2.24, 2.45) is 5.92 Å². The van der Waals surface area contributed by atoms with E-state index in [2.05, 4.69) is 4.98 Å². The number of nitrogens with one attached hydrogen (secondary N) is 1. The Balaban J connectivity index is 1.74. The third-order valence-electron chi connectivity index (χ3n) is 6.61. The molecular weight excluding hydrogens is 446 g/mol. The number of aliphatic hydroxyl groups is 2. The second-order valence-corrected chi connectivity index (χ2v) is 8.90. The van der Waals surface area contributed by atoms with Crippen molar-refractivity contribution >= 4 is 5.69 Å². The normalized spacial score (nSPS) is 24.2. The van der Waals surface area contributed by atoms with Crippen LogP contribution in [0.1, 0.15) is 62.0 Å². The number of nitrogens with zero attached hydrogens (tertiary/aromatic N) is 2. The number of ether oxygens (including phenoxy) is 2. The number of aliphatic hydroxyl groups excluding tert-OH is 2. The molecule has 4 rings (SSSR count). The van der Waals surface area contributed by atoms with Gasteiger partial charge >= 0.3 is 5.69 Å². The number of nitro groups is 1. The van der Waals surface area contributed by atoms with Gasteiger partial charge in [-0.2, -0.15) is 0 Å². The molecule has 34 heavy (non-hydrogen) atoms. The molecule has 1 saturated heterocycles. The number of hydrogen-bond acceptors (Lipinski definition) is 8. The highest BCUT2D eigenvalue weighted by Gasteiger charge is 2.36. The molecule has 4 atom stereocenters. The van der Waals surface area contributed by atoms with E-state index in [4.69, 9.17) is 9.47 Å². The fraction of sp³-hybridized carbons (Fsp3) is 0.565. The Hall–Kier alpha value is -2.86. The standard InChI is InChI=1S/C23H29N3O8/c27-12-19-18(28)10-20(34-19)25-11-16(22(29)24-23(25)30)21(33-13-14-6-2-1-3-7-14)15-8-4-5-9-17(15)26(31)32/h4-5,8-9,11,14,18-21,27-28H,1-3,6-7,10,12-13H2,(H,24,29,30)/t18-,19+,20+,21?/m0/s1. The minimum Gasteiger partial charge on any atom is -0.394 e. The van der Waals surface area contributed by atoms with E-state index in [1.165, 1.54) is 24.4 Å². The minimum absolute atomic E-state index is 0.0234. The Morgan fingerprint density at radius 1 is 1.21 bits per heavy atom. The van der Waals surface area contributed by atoms with Gasteiger partial charge in [-0.25, -0.2) is 4.79 Å². The first-order valence-corrected chi connectivity index (χ1v) is 11.5. The molecular formula is C23H29N3O8. The second-order valence-electron chi connectivity index (χ2n) is 8.90. The molecule has 1 unspecified atom stereocenters. The van der Waals surface area contributed by atoms with Crippen LogP contribution in [-0.2, 0) is 9.47 Å². The summed E-state index contributed by atoms with van der Waals surface area (Å²) in [5.41, 5.74) is -1.43. The highest BCUT2D eigenvalue weighted by molar-refractivity contribution is 5.44. The largest absolute Gasteiger partial charge is 0.394 e. The van der Waals surface area contributed by atoms with Crippen molar-refractivity contribution in [2.75, 3.05) is 13.2 Å². The van der Waals surface area contributed by atoms with Crippen LogP contribution >= 0.6 is 0 Å². The van der Waals surface area contributed by atoms with Gasteiger partial charge in [0.25, 0.3) is 11.2 Å². The zero-order valence-electron chi connectivity index (χ0n) is 18.7. The summed E-state index contributed by atoms with van der Waals surface area (Å²) in [6, 6.07) is 6.05. The highest BCUT2D eigenvalue weighted by Crippen LogP contribution is 2.34. The summed E-state index contributed by atoms with van der Waals surface area (Å²) >= 11 is 0. The van der Waals surface area contributed by atoms with E-state index < -0.39 is 47.3 Å². The van der Waals surface area contributed by atoms with Crippen LogP contribution < -0.4 is 11.2 Å². The lowest BCUT2D eigenvalue weighted by Crippen LogP contribution is -2.36. The van der Waals surface area contributed by atoms with Crippen LogP contribution in [0.3, 0.4) is 0 Å². The summed E-state index contributed by atoms with van der Waals surface area (Å²) < 4.78 is 12.9. The second kappa shape index (κ2) is 10.6. The number of aromatic amines is 1. The SMILES string of the molecule is O=c1[nH]c(=O)n([C@H]2C[C@H](O)[C@@H](CO)O2)cc1C(OCC1CCCCC1)c1ccccc1[N+](=O)[O-]. The Labute approximate surface area is 195 Å². The van der Waals surface area contributed by atoms with Gasteiger partial charge in [0, 0.05) is 18.7 Å². The maximum atomic E-state index is 12.9. The summed E-state index contributed by atoms with van der Waals surface area (Å²) in [4.78, 5) is 38.9. The van der Waals surface area contributed by atoms with Gasteiger partial charge in [0.2, 0.25) is 0 Å². The smallest absolute Gasteiger partial charge is 0.330 e.